The van der Waals surface area contributed by atoms with E-state index in [9.17, 15) is 4.79 Å². The third kappa shape index (κ3) is 2.94. The molecule has 4 aliphatic carbocycles. The Morgan fingerprint density at radius 2 is 1.89 bits per heavy atom. The smallest absolute Gasteiger partial charge is 0.246 e. The molecule has 3 nitrogen and oxygen atoms in total. The first kappa shape index (κ1) is 17.2. The van der Waals surface area contributed by atoms with Gasteiger partial charge in [-0.1, -0.05) is 35.9 Å². The van der Waals surface area contributed by atoms with Crippen molar-refractivity contribution in [3.8, 4) is 0 Å². The number of amides is 1. The molecule has 27 heavy (non-hydrogen) atoms. The minimum atomic E-state index is -0.234. The van der Waals surface area contributed by atoms with Gasteiger partial charge in [0.2, 0.25) is 5.91 Å². The Kier molecular flexibility index (Phi) is 4.01. The third-order valence-electron chi connectivity index (χ3n) is 7.11. The number of carbonyl (C=O) groups is 1. The number of carbonyl (C=O) groups excluding carboxylic acids is 1. The monoisotopic (exact) mass is 378 g/mol. The van der Waals surface area contributed by atoms with Gasteiger partial charge < -0.3 is 0 Å². The van der Waals surface area contributed by atoms with Crippen molar-refractivity contribution in [2.45, 2.75) is 50.9 Å². The zero-order valence-corrected chi connectivity index (χ0v) is 16.6. The highest BCUT2D eigenvalue weighted by molar-refractivity contribution is 7.11. The fraction of sp³-hybridized carbons (Fsp3) is 0.478. The van der Waals surface area contributed by atoms with Crippen LogP contribution in [0.5, 0.6) is 0 Å². The molecule has 6 rings (SSSR count). The molecule has 0 aliphatic heterocycles. The molecule has 4 bridgehead atoms. The Morgan fingerprint density at radius 3 is 2.56 bits per heavy atom. The first-order chi connectivity index (χ1) is 13.1. The molecule has 1 amide bonds. The summed E-state index contributed by atoms with van der Waals surface area (Å²) < 4.78 is 0. The Labute approximate surface area is 164 Å². The fourth-order valence-corrected chi connectivity index (χ4v) is 7.00. The van der Waals surface area contributed by atoms with Crippen molar-refractivity contribution in [1.82, 2.24) is 5.43 Å². The van der Waals surface area contributed by atoms with E-state index in [4.69, 9.17) is 0 Å². The topological polar surface area (TPSA) is 41.5 Å². The fourth-order valence-electron chi connectivity index (χ4n) is 6.41. The molecule has 2 aromatic rings. The van der Waals surface area contributed by atoms with Gasteiger partial charge in [0.15, 0.2) is 0 Å². The molecule has 0 unspecified atom stereocenters. The van der Waals surface area contributed by atoms with Crippen LogP contribution in [-0.2, 0) is 10.2 Å². The van der Waals surface area contributed by atoms with Gasteiger partial charge in [-0.05, 0) is 79.7 Å². The van der Waals surface area contributed by atoms with Crippen molar-refractivity contribution in [1.29, 1.82) is 0 Å². The van der Waals surface area contributed by atoms with Crippen molar-refractivity contribution in [2.75, 3.05) is 0 Å². The summed E-state index contributed by atoms with van der Waals surface area (Å²) in [4.78, 5) is 14.3. The summed E-state index contributed by atoms with van der Waals surface area (Å²) in [6, 6.07) is 13.1. The third-order valence-corrected chi connectivity index (χ3v) is 7.91. The minimum absolute atomic E-state index is 0.140. The molecule has 4 fully saturated rings. The van der Waals surface area contributed by atoms with Crippen LogP contribution in [0, 0.1) is 24.2 Å². The zero-order chi connectivity index (χ0) is 18.5. The van der Waals surface area contributed by atoms with Gasteiger partial charge in [-0.3, -0.25) is 4.79 Å². The average Bonchev–Trinajstić information content (AvgIpc) is 3.14. The number of rotatable bonds is 4. The number of hydrazone groups is 1. The van der Waals surface area contributed by atoms with E-state index in [-0.39, 0.29) is 16.7 Å². The predicted octanol–water partition coefficient (Wildman–Crippen LogP) is 5.04. The van der Waals surface area contributed by atoms with E-state index in [2.05, 4.69) is 41.7 Å². The molecule has 4 heteroatoms. The standard InChI is InChI=1S/C23H26N2OS/c1-16-4-6-19(7-5-16)22-10-17-9-18(11-22)13-23(12-17,15-22)21(26)25-24-14-20-3-2-8-27-20/h2-8,14,17-18H,9-13,15H2,1H3,(H,25,26)/b24-14-/t17-,18-,22?,23?/m0/s1. The predicted molar refractivity (Wildman–Crippen MR) is 110 cm³/mol. The summed E-state index contributed by atoms with van der Waals surface area (Å²) in [5.74, 6) is 1.50. The van der Waals surface area contributed by atoms with Crippen LogP contribution in [0.1, 0.15) is 54.5 Å². The second kappa shape index (κ2) is 6.30. The second-order valence-corrected chi connectivity index (χ2v) is 10.1. The van der Waals surface area contributed by atoms with Gasteiger partial charge in [-0.15, -0.1) is 11.3 Å². The Hall–Kier alpha value is -1.94. The number of hydrogen-bond acceptors (Lipinski definition) is 3. The van der Waals surface area contributed by atoms with Crippen molar-refractivity contribution >= 4 is 23.5 Å². The minimum Gasteiger partial charge on any atom is -0.273 e. The van der Waals surface area contributed by atoms with E-state index >= 15 is 0 Å². The highest BCUT2D eigenvalue weighted by Gasteiger charge is 2.60. The number of nitrogens with one attached hydrogen (secondary N) is 1. The summed E-state index contributed by atoms with van der Waals surface area (Å²) in [6.07, 6.45) is 8.63. The number of hydrogen-bond donors (Lipinski definition) is 1. The summed E-state index contributed by atoms with van der Waals surface area (Å²) in [6.45, 7) is 2.14. The molecule has 1 aromatic carbocycles. The van der Waals surface area contributed by atoms with E-state index in [1.54, 1.807) is 17.6 Å². The maximum Gasteiger partial charge on any atom is 0.246 e. The first-order valence-electron chi connectivity index (χ1n) is 10.0. The van der Waals surface area contributed by atoms with E-state index in [1.165, 1.54) is 30.4 Å². The molecule has 4 saturated carbocycles. The van der Waals surface area contributed by atoms with Gasteiger partial charge in [0, 0.05) is 4.88 Å². The quantitative estimate of drug-likeness (QED) is 0.587. The molecular formula is C23H26N2OS. The van der Waals surface area contributed by atoms with Crippen LogP contribution < -0.4 is 5.43 Å². The van der Waals surface area contributed by atoms with Gasteiger partial charge in [-0.2, -0.15) is 5.10 Å². The number of thiophene rings is 1. The molecule has 0 radical (unpaired) electrons. The highest BCUT2D eigenvalue weighted by Crippen LogP contribution is 2.65. The first-order valence-corrected chi connectivity index (χ1v) is 10.9. The molecule has 4 aliphatic rings. The molecular weight excluding hydrogens is 352 g/mol. The average molecular weight is 379 g/mol. The Bertz CT molecular complexity index is 854. The van der Waals surface area contributed by atoms with E-state index in [0.717, 1.165) is 24.1 Å². The van der Waals surface area contributed by atoms with E-state index in [1.807, 2.05) is 17.5 Å². The van der Waals surface area contributed by atoms with Crippen LogP contribution in [0.2, 0.25) is 0 Å². The highest BCUT2D eigenvalue weighted by atomic mass is 32.1. The molecule has 1 aromatic heterocycles. The molecule has 1 N–H and O–H groups in total. The molecule has 0 saturated heterocycles. The lowest BCUT2D eigenvalue weighted by atomic mass is 9.42. The van der Waals surface area contributed by atoms with Crippen molar-refractivity contribution in [3.63, 3.8) is 0 Å². The zero-order valence-electron chi connectivity index (χ0n) is 15.8. The van der Waals surface area contributed by atoms with Crippen molar-refractivity contribution in [2.24, 2.45) is 22.4 Å². The van der Waals surface area contributed by atoms with Gasteiger partial charge in [0.1, 0.15) is 0 Å². The van der Waals surface area contributed by atoms with Crippen LogP contribution in [0.3, 0.4) is 0 Å². The maximum atomic E-state index is 13.2. The van der Waals surface area contributed by atoms with Crippen molar-refractivity contribution in [3.05, 3.63) is 57.8 Å². The van der Waals surface area contributed by atoms with E-state index < -0.39 is 0 Å². The van der Waals surface area contributed by atoms with Crippen LogP contribution in [0.25, 0.3) is 0 Å². The maximum absolute atomic E-state index is 13.2. The molecule has 140 valence electrons. The lowest BCUT2D eigenvalue weighted by Gasteiger charge is -2.61. The summed E-state index contributed by atoms with van der Waals surface area (Å²) in [5.41, 5.74) is 5.60. The van der Waals surface area contributed by atoms with E-state index in [0.29, 0.717) is 11.8 Å². The summed E-state index contributed by atoms with van der Waals surface area (Å²) in [7, 11) is 0. The van der Waals surface area contributed by atoms with Gasteiger partial charge in [0.05, 0.1) is 11.6 Å². The molecule has 0 spiro atoms. The second-order valence-electron chi connectivity index (χ2n) is 9.10. The molecule has 2 atom stereocenters. The SMILES string of the molecule is Cc1ccc(C23C[C@@H]4C[C@H](CC(C(=O)N/N=C\c5cccs5)(C4)C2)C3)cc1. The van der Waals surface area contributed by atoms with Gasteiger partial charge >= 0.3 is 0 Å². The Balaban J connectivity index is 1.41. The van der Waals surface area contributed by atoms with Crippen LogP contribution in [0.15, 0.2) is 46.9 Å². The Morgan fingerprint density at radius 1 is 1.15 bits per heavy atom. The number of nitrogens with zero attached hydrogens (tertiary/aromatic N) is 1. The van der Waals surface area contributed by atoms with Gasteiger partial charge in [0.25, 0.3) is 0 Å². The number of benzene rings is 1. The van der Waals surface area contributed by atoms with Crippen LogP contribution >= 0.6 is 11.3 Å². The summed E-state index contributed by atoms with van der Waals surface area (Å²) in [5, 5.41) is 6.29. The normalized spacial score (nSPS) is 34.3. The van der Waals surface area contributed by atoms with Crippen LogP contribution in [-0.4, -0.2) is 12.1 Å². The number of aryl methyl sites for hydroxylation is 1. The van der Waals surface area contributed by atoms with Gasteiger partial charge in [-0.25, -0.2) is 5.43 Å². The van der Waals surface area contributed by atoms with Crippen molar-refractivity contribution < 1.29 is 4.79 Å². The largest absolute Gasteiger partial charge is 0.273 e. The lowest BCUT2D eigenvalue weighted by Crippen LogP contribution is -2.58. The lowest BCUT2D eigenvalue weighted by molar-refractivity contribution is -0.149. The summed E-state index contributed by atoms with van der Waals surface area (Å²) >= 11 is 1.63. The molecule has 1 heterocycles. The van der Waals surface area contributed by atoms with Crippen LogP contribution in [0.4, 0.5) is 0 Å².